The molecule has 0 saturated heterocycles. The summed E-state index contributed by atoms with van der Waals surface area (Å²) in [6.07, 6.45) is 0.708. The van der Waals surface area contributed by atoms with Gasteiger partial charge in [0.25, 0.3) is 0 Å². The minimum Gasteiger partial charge on any atom is -0.327 e. The first-order chi connectivity index (χ1) is 6.04. The highest BCUT2D eigenvalue weighted by molar-refractivity contribution is 7.89. The van der Waals surface area contributed by atoms with Crippen molar-refractivity contribution >= 4 is 10.0 Å². The largest absolute Gasteiger partial charge is 0.327 e. The van der Waals surface area contributed by atoms with Crippen LogP contribution in [0, 0.1) is 5.41 Å². The first-order valence-corrected chi connectivity index (χ1v) is 6.31. The summed E-state index contributed by atoms with van der Waals surface area (Å²) in [6.45, 7) is 6.15. The van der Waals surface area contributed by atoms with Gasteiger partial charge in [-0.1, -0.05) is 20.8 Å². The fourth-order valence-electron chi connectivity index (χ4n) is 1.27. The summed E-state index contributed by atoms with van der Waals surface area (Å²) >= 11 is 0. The van der Waals surface area contributed by atoms with E-state index in [1.54, 1.807) is 0 Å². The van der Waals surface area contributed by atoms with Crippen LogP contribution >= 0.6 is 0 Å². The molecule has 1 atom stereocenters. The first-order valence-electron chi connectivity index (χ1n) is 4.70. The molecular formula is C9H22N2O2S. The summed E-state index contributed by atoms with van der Waals surface area (Å²) < 4.78 is 24.2. The van der Waals surface area contributed by atoms with E-state index in [0.29, 0.717) is 6.42 Å². The van der Waals surface area contributed by atoms with E-state index in [2.05, 4.69) is 20.8 Å². The molecule has 0 aromatic heterocycles. The molecule has 86 valence electrons. The van der Waals surface area contributed by atoms with Gasteiger partial charge in [-0.15, -0.1) is 0 Å². The number of hydrogen-bond acceptors (Lipinski definition) is 3. The molecule has 1 unspecified atom stereocenters. The van der Waals surface area contributed by atoms with Crippen LogP contribution in [-0.4, -0.2) is 38.6 Å². The van der Waals surface area contributed by atoms with E-state index in [0.717, 1.165) is 0 Å². The average molecular weight is 222 g/mol. The van der Waals surface area contributed by atoms with Crippen molar-refractivity contribution in [2.45, 2.75) is 33.2 Å². The molecular weight excluding hydrogens is 200 g/mol. The quantitative estimate of drug-likeness (QED) is 0.759. The molecule has 0 rings (SSSR count). The van der Waals surface area contributed by atoms with Crippen LogP contribution in [0.1, 0.15) is 27.2 Å². The Morgan fingerprint density at radius 3 is 2.00 bits per heavy atom. The van der Waals surface area contributed by atoms with Crippen molar-refractivity contribution in [1.29, 1.82) is 0 Å². The zero-order chi connectivity index (χ0) is 11.6. The van der Waals surface area contributed by atoms with Crippen molar-refractivity contribution in [3.63, 3.8) is 0 Å². The van der Waals surface area contributed by atoms with Gasteiger partial charge in [0, 0.05) is 20.1 Å². The van der Waals surface area contributed by atoms with E-state index in [4.69, 9.17) is 5.73 Å². The van der Waals surface area contributed by atoms with Gasteiger partial charge in [0.1, 0.15) is 0 Å². The Kier molecular flexibility index (Phi) is 4.55. The number of rotatable bonds is 4. The molecule has 0 aliphatic rings. The van der Waals surface area contributed by atoms with Crippen LogP contribution in [0.25, 0.3) is 0 Å². The first kappa shape index (κ1) is 13.9. The van der Waals surface area contributed by atoms with Crippen molar-refractivity contribution in [2.24, 2.45) is 11.1 Å². The highest BCUT2D eigenvalue weighted by atomic mass is 32.2. The zero-order valence-corrected chi connectivity index (χ0v) is 10.6. The molecule has 0 aromatic rings. The fourth-order valence-corrected chi connectivity index (χ4v) is 2.22. The summed E-state index contributed by atoms with van der Waals surface area (Å²) in [6, 6.07) is -0.289. The molecule has 0 spiro atoms. The Bertz CT molecular complexity index is 265. The van der Waals surface area contributed by atoms with E-state index in [1.807, 2.05) is 0 Å². The van der Waals surface area contributed by atoms with Crippen LogP contribution in [0.4, 0.5) is 0 Å². The van der Waals surface area contributed by atoms with Crippen LogP contribution in [0.15, 0.2) is 0 Å². The van der Waals surface area contributed by atoms with E-state index >= 15 is 0 Å². The smallest absolute Gasteiger partial charge is 0.215 e. The molecule has 2 N–H and O–H groups in total. The van der Waals surface area contributed by atoms with Gasteiger partial charge in [0.05, 0.1) is 5.75 Å². The monoisotopic (exact) mass is 222 g/mol. The molecule has 0 radical (unpaired) electrons. The van der Waals surface area contributed by atoms with Crippen LogP contribution in [0.3, 0.4) is 0 Å². The molecule has 0 aliphatic heterocycles. The molecule has 14 heavy (non-hydrogen) atoms. The van der Waals surface area contributed by atoms with Crippen LogP contribution < -0.4 is 5.73 Å². The molecule has 0 aliphatic carbocycles. The van der Waals surface area contributed by atoms with Crippen molar-refractivity contribution in [3.8, 4) is 0 Å². The van der Waals surface area contributed by atoms with Crippen molar-refractivity contribution in [1.82, 2.24) is 4.31 Å². The maximum absolute atomic E-state index is 11.5. The van der Waals surface area contributed by atoms with E-state index in [1.165, 1.54) is 18.4 Å². The molecule has 5 heteroatoms. The van der Waals surface area contributed by atoms with Gasteiger partial charge in [0.15, 0.2) is 0 Å². The predicted molar refractivity (Wildman–Crippen MR) is 59.5 cm³/mol. The fraction of sp³-hybridized carbons (Fsp3) is 1.00. The molecule has 0 aromatic carbocycles. The Morgan fingerprint density at radius 1 is 1.29 bits per heavy atom. The number of nitrogens with two attached hydrogens (primary N) is 1. The predicted octanol–water partition coefficient (Wildman–Crippen LogP) is 0.641. The molecule has 0 bridgehead atoms. The standard InChI is InChI=1S/C9H22N2O2S/c1-9(2,3)6-8(10)7-14(12,13)11(4)5/h8H,6-7,10H2,1-5H3. The summed E-state index contributed by atoms with van der Waals surface area (Å²) in [5.74, 6) is 0.0251. The van der Waals surface area contributed by atoms with E-state index in [-0.39, 0.29) is 17.2 Å². The highest BCUT2D eigenvalue weighted by Gasteiger charge is 2.22. The number of sulfonamides is 1. The van der Waals surface area contributed by atoms with Crippen LogP contribution in [0.2, 0.25) is 0 Å². The molecule has 0 amide bonds. The van der Waals surface area contributed by atoms with Gasteiger partial charge < -0.3 is 5.73 Å². The summed E-state index contributed by atoms with van der Waals surface area (Å²) in [4.78, 5) is 0. The lowest BCUT2D eigenvalue weighted by Crippen LogP contribution is -2.38. The second-order valence-electron chi connectivity index (χ2n) is 5.09. The highest BCUT2D eigenvalue weighted by Crippen LogP contribution is 2.20. The lowest BCUT2D eigenvalue weighted by Gasteiger charge is -2.24. The Hall–Kier alpha value is -0.130. The summed E-state index contributed by atoms with van der Waals surface area (Å²) in [7, 11) is -0.108. The van der Waals surface area contributed by atoms with E-state index in [9.17, 15) is 8.42 Å². The lowest BCUT2D eigenvalue weighted by atomic mass is 9.89. The van der Waals surface area contributed by atoms with Gasteiger partial charge in [-0.25, -0.2) is 12.7 Å². The summed E-state index contributed by atoms with van der Waals surface area (Å²) in [5, 5.41) is 0. The minimum atomic E-state index is -3.16. The van der Waals surface area contributed by atoms with Gasteiger partial charge in [-0.3, -0.25) is 0 Å². The second kappa shape index (κ2) is 4.59. The maximum atomic E-state index is 11.5. The average Bonchev–Trinajstić information content (AvgIpc) is 1.79. The maximum Gasteiger partial charge on any atom is 0.215 e. The normalized spacial score (nSPS) is 15.9. The molecule has 0 heterocycles. The van der Waals surface area contributed by atoms with Crippen molar-refractivity contribution in [3.05, 3.63) is 0 Å². The number of nitrogens with zero attached hydrogens (tertiary/aromatic N) is 1. The van der Waals surface area contributed by atoms with Crippen LogP contribution in [-0.2, 0) is 10.0 Å². The Morgan fingerprint density at radius 2 is 1.71 bits per heavy atom. The SMILES string of the molecule is CN(C)S(=O)(=O)CC(N)CC(C)(C)C. The Balaban J connectivity index is 4.28. The van der Waals surface area contributed by atoms with Crippen LogP contribution in [0.5, 0.6) is 0 Å². The van der Waals surface area contributed by atoms with E-state index < -0.39 is 10.0 Å². The van der Waals surface area contributed by atoms with Gasteiger partial charge in [-0.05, 0) is 11.8 Å². The lowest BCUT2D eigenvalue weighted by molar-refractivity contribution is 0.348. The number of hydrogen-bond donors (Lipinski definition) is 1. The minimum absolute atomic E-state index is 0.0251. The third kappa shape index (κ3) is 5.57. The van der Waals surface area contributed by atoms with Gasteiger partial charge >= 0.3 is 0 Å². The zero-order valence-electron chi connectivity index (χ0n) is 9.74. The Labute approximate surface area is 87.5 Å². The second-order valence-corrected chi connectivity index (χ2v) is 7.31. The van der Waals surface area contributed by atoms with Crippen molar-refractivity contribution < 1.29 is 8.42 Å². The molecule has 0 saturated carbocycles. The van der Waals surface area contributed by atoms with Crippen molar-refractivity contribution in [2.75, 3.05) is 19.8 Å². The topological polar surface area (TPSA) is 63.4 Å². The third-order valence-corrected chi connectivity index (χ3v) is 3.82. The van der Waals surface area contributed by atoms with Gasteiger partial charge in [0.2, 0.25) is 10.0 Å². The molecule has 0 fully saturated rings. The molecule has 4 nitrogen and oxygen atoms in total. The summed E-state index contributed by atoms with van der Waals surface area (Å²) in [5.41, 5.74) is 5.85. The van der Waals surface area contributed by atoms with Gasteiger partial charge in [-0.2, -0.15) is 0 Å². The third-order valence-electron chi connectivity index (χ3n) is 1.86.